The summed E-state index contributed by atoms with van der Waals surface area (Å²) in [4.78, 5) is 8.74. The summed E-state index contributed by atoms with van der Waals surface area (Å²) in [5.41, 5.74) is 9.69. The maximum absolute atomic E-state index is 9.19. The molecule has 0 unspecified atom stereocenters. The van der Waals surface area contributed by atoms with Crippen LogP contribution < -0.4 is 16.4 Å². The summed E-state index contributed by atoms with van der Waals surface area (Å²) in [5, 5.41) is 15.1. The fourth-order valence-electron chi connectivity index (χ4n) is 3.20. The highest BCUT2D eigenvalue weighted by molar-refractivity contribution is 7.85. The fourth-order valence-corrected chi connectivity index (χ4v) is 3.20. The highest BCUT2D eigenvalue weighted by Gasteiger charge is 2.15. The van der Waals surface area contributed by atoms with Crippen LogP contribution in [0.3, 0.4) is 0 Å². The smallest absolute Gasteiger partial charge is 0.261 e. The first-order chi connectivity index (χ1) is 17.7. The Balaban J connectivity index is 0.000000435. The van der Waals surface area contributed by atoms with Gasteiger partial charge in [0.2, 0.25) is 0 Å². The quantitative estimate of drug-likeness (QED) is 0.141. The minimum atomic E-state index is -3.67. The minimum Gasteiger partial charge on any atom is -0.399 e. The van der Waals surface area contributed by atoms with Crippen molar-refractivity contribution in [2.45, 2.75) is 19.4 Å². The van der Waals surface area contributed by atoms with E-state index in [9.17, 15) is 16.8 Å². The first-order valence-electron chi connectivity index (χ1n) is 11.1. The third kappa shape index (κ3) is 12.0. The van der Waals surface area contributed by atoms with Crippen molar-refractivity contribution >= 4 is 48.6 Å². The number of aromatic nitrogens is 4. The van der Waals surface area contributed by atoms with E-state index in [1.165, 1.54) is 17.5 Å². The number of benzene rings is 2. The van der Waals surface area contributed by atoms with E-state index in [-0.39, 0.29) is 6.04 Å². The number of anilines is 3. The molecule has 0 aliphatic rings. The van der Waals surface area contributed by atoms with Crippen LogP contribution in [0.4, 0.5) is 17.3 Å². The van der Waals surface area contributed by atoms with Crippen LogP contribution in [0.15, 0.2) is 60.9 Å². The van der Waals surface area contributed by atoms with Crippen molar-refractivity contribution in [3.63, 3.8) is 0 Å². The molecular formula is C23H31N7O6S2. The first kappa shape index (κ1) is 30.4. The summed E-state index contributed by atoms with van der Waals surface area (Å²) >= 11 is 0. The molecule has 0 amide bonds. The number of aromatic amines is 1. The van der Waals surface area contributed by atoms with Gasteiger partial charge in [0.15, 0.2) is 11.5 Å². The lowest BCUT2D eigenvalue weighted by atomic mass is 10.1. The van der Waals surface area contributed by atoms with E-state index in [4.69, 9.17) is 14.8 Å². The zero-order valence-corrected chi connectivity index (χ0v) is 22.7. The molecule has 0 aliphatic heterocycles. The van der Waals surface area contributed by atoms with Crippen LogP contribution >= 0.6 is 0 Å². The van der Waals surface area contributed by atoms with E-state index in [2.05, 4.69) is 55.9 Å². The predicted molar refractivity (Wildman–Crippen MR) is 148 cm³/mol. The van der Waals surface area contributed by atoms with Gasteiger partial charge in [-0.05, 0) is 36.6 Å². The van der Waals surface area contributed by atoms with Crippen LogP contribution in [-0.4, -0.2) is 65.2 Å². The summed E-state index contributed by atoms with van der Waals surface area (Å²) < 4.78 is 51.7. The third-order valence-electron chi connectivity index (χ3n) is 4.67. The highest BCUT2D eigenvalue weighted by atomic mass is 32.2. The number of nitrogens with one attached hydrogen (secondary N) is 3. The Labute approximate surface area is 221 Å². The van der Waals surface area contributed by atoms with E-state index >= 15 is 0 Å². The largest absolute Gasteiger partial charge is 0.399 e. The maximum Gasteiger partial charge on any atom is 0.261 e. The van der Waals surface area contributed by atoms with Gasteiger partial charge in [0.25, 0.3) is 20.2 Å². The summed E-state index contributed by atoms with van der Waals surface area (Å²) in [7, 11) is -7.33. The van der Waals surface area contributed by atoms with Crippen LogP contribution in [0.1, 0.15) is 24.1 Å². The van der Waals surface area contributed by atoms with Gasteiger partial charge in [-0.2, -0.15) is 21.9 Å². The Morgan fingerprint density at radius 3 is 2.18 bits per heavy atom. The van der Waals surface area contributed by atoms with Gasteiger partial charge in [-0.15, -0.1) is 0 Å². The number of hydrogen-bond acceptors (Lipinski definition) is 10. The summed E-state index contributed by atoms with van der Waals surface area (Å²) in [5.74, 6) is 1.49. The molecule has 7 N–H and O–H groups in total. The lowest BCUT2D eigenvalue weighted by Crippen LogP contribution is -2.10. The highest BCUT2D eigenvalue weighted by Crippen LogP contribution is 2.28. The fraction of sp³-hybridized carbons (Fsp3) is 0.261. The van der Waals surface area contributed by atoms with Gasteiger partial charge in [-0.25, -0.2) is 9.97 Å². The molecule has 15 heteroatoms. The van der Waals surface area contributed by atoms with Crippen molar-refractivity contribution in [2.24, 2.45) is 0 Å². The van der Waals surface area contributed by atoms with Gasteiger partial charge >= 0.3 is 0 Å². The van der Waals surface area contributed by atoms with Gasteiger partial charge in [0.1, 0.15) is 17.5 Å². The van der Waals surface area contributed by atoms with Crippen LogP contribution in [-0.2, 0) is 26.7 Å². The van der Waals surface area contributed by atoms with Gasteiger partial charge in [0.05, 0.1) is 12.5 Å². The standard InChI is InChI=1S/C21H23N7.2CH4O3S/c1-14(16-7-3-2-4-8-16)26-19-18-20(27-28-21(18)25-13-24-19)23-11-10-15-6-5-9-17(22)12-15;2*1-5(2,3)4/h2-9,12-14H,10-11,22H2,1H3,(H3,23,24,25,26,27,28);2*1H3,(H,2,3,4)/t14-;;/m0../s1. The second-order valence-electron chi connectivity index (χ2n) is 8.18. The SMILES string of the molecule is CS(=O)(=O)O.CS(=O)(=O)O.C[C@H](Nc1ncnc2[nH]nc(NCCc3cccc(N)c3)c12)c1ccccc1. The average molecular weight is 566 g/mol. The molecule has 4 aromatic rings. The van der Waals surface area contributed by atoms with Crippen molar-refractivity contribution in [3.05, 3.63) is 72.1 Å². The lowest BCUT2D eigenvalue weighted by Gasteiger charge is -2.15. The molecule has 0 saturated heterocycles. The number of nitrogen functional groups attached to an aromatic ring is 1. The van der Waals surface area contributed by atoms with Crippen molar-refractivity contribution in [3.8, 4) is 0 Å². The summed E-state index contributed by atoms with van der Waals surface area (Å²) in [6, 6.07) is 18.3. The number of nitrogens with zero attached hydrogens (tertiary/aromatic N) is 3. The van der Waals surface area contributed by atoms with E-state index < -0.39 is 20.2 Å². The van der Waals surface area contributed by atoms with E-state index in [0.717, 1.165) is 35.7 Å². The molecular weight excluding hydrogens is 534 g/mol. The monoisotopic (exact) mass is 565 g/mol. The van der Waals surface area contributed by atoms with Gasteiger partial charge in [-0.3, -0.25) is 14.2 Å². The second kappa shape index (κ2) is 13.7. The molecule has 206 valence electrons. The molecule has 13 nitrogen and oxygen atoms in total. The first-order valence-corrected chi connectivity index (χ1v) is 14.8. The number of H-pyrrole nitrogens is 1. The van der Waals surface area contributed by atoms with Gasteiger partial charge in [-0.1, -0.05) is 42.5 Å². The molecule has 38 heavy (non-hydrogen) atoms. The predicted octanol–water partition coefficient (Wildman–Crippen LogP) is 2.77. The maximum atomic E-state index is 9.19. The van der Waals surface area contributed by atoms with E-state index in [1.807, 2.05) is 36.4 Å². The third-order valence-corrected chi connectivity index (χ3v) is 4.67. The summed E-state index contributed by atoms with van der Waals surface area (Å²) in [6.45, 7) is 2.84. The number of rotatable bonds is 7. The molecule has 0 aliphatic carbocycles. The molecule has 0 radical (unpaired) electrons. The Kier molecular flexibility index (Phi) is 10.9. The molecule has 4 rings (SSSR count). The van der Waals surface area contributed by atoms with E-state index in [0.29, 0.717) is 18.2 Å². The zero-order chi connectivity index (χ0) is 28.3. The van der Waals surface area contributed by atoms with Crippen molar-refractivity contribution in [2.75, 3.05) is 35.4 Å². The Hall–Kier alpha value is -3.79. The lowest BCUT2D eigenvalue weighted by molar-refractivity contribution is 0.488. The second-order valence-corrected chi connectivity index (χ2v) is 11.1. The summed E-state index contributed by atoms with van der Waals surface area (Å²) in [6.07, 6.45) is 3.81. The van der Waals surface area contributed by atoms with Crippen molar-refractivity contribution in [1.82, 2.24) is 20.2 Å². The van der Waals surface area contributed by atoms with Crippen LogP contribution in [0.25, 0.3) is 11.0 Å². The Morgan fingerprint density at radius 2 is 1.58 bits per heavy atom. The minimum absolute atomic E-state index is 0.106. The van der Waals surface area contributed by atoms with Crippen LogP contribution in [0, 0.1) is 0 Å². The normalized spacial score (nSPS) is 11.9. The zero-order valence-electron chi connectivity index (χ0n) is 21.0. The van der Waals surface area contributed by atoms with Crippen LogP contribution in [0.5, 0.6) is 0 Å². The molecule has 0 fully saturated rings. The van der Waals surface area contributed by atoms with Crippen molar-refractivity contribution < 1.29 is 25.9 Å². The Bertz CT molecular complexity index is 1480. The molecule has 1 atom stereocenters. The number of fused-ring (bicyclic) bond motifs is 1. The molecule has 2 aromatic heterocycles. The topological polar surface area (TPSA) is 213 Å². The molecule has 0 bridgehead atoms. The van der Waals surface area contributed by atoms with Gasteiger partial charge < -0.3 is 16.4 Å². The molecule has 2 aromatic carbocycles. The number of hydrogen-bond donors (Lipinski definition) is 6. The van der Waals surface area contributed by atoms with Gasteiger partial charge in [0, 0.05) is 18.3 Å². The molecule has 0 saturated carbocycles. The van der Waals surface area contributed by atoms with E-state index in [1.54, 1.807) is 0 Å². The Morgan fingerprint density at radius 1 is 0.947 bits per heavy atom. The number of nitrogens with two attached hydrogens (primary N) is 1. The van der Waals surface area contributed by atoms with Crippen LogP contribution in [0.2, 0.25) is 0 Å². The van der Waals surface area contributed by atoms with Crippen molar-refractivity contribution in [1.29, 1.82) is 0 Å². The molecule has 2 heterocycles. The molecule has 0 spiro atoms. The average Bonchev–Trinajstić information content (AvgIpc) is 3.22.